The minimum Gasteiger partial charge on any atom is -0.348 e. The van der Waals surface area contributed by atoms with E-state index in [1.165, 1.54) is 5.56 Å². The van der Waals surface area contributed by atoms with Gasteiger partial charge in [0.05, 0.1) is 0 Å². The summed E-state index contributed by atoms with van der Waals surface area (Å²) in [5, 5.41) is 2.81. The summed E-state index contributed by atoms with van der Waals surface area (Å²) in [4.78, 5) is 11.2. The maximum absolute atomic E-state index is 11.2. The molecular weight excluding hydrogens is 162 g/mol. The van der Waals surface area contributed by atoms with Gasteiger partial charge < -0.3 is 5.32 Å². The lowest BCUT2D eigenvalue weighted by atomic mass is 9.98. The van der Waals surface area contributed by atoms with E-state index in [2.05, 4.69) is 25.2 Å². The van der Waals surface area contributed by atoms with Crippen LogP contribution in [0.2, 0.25) is 0 Å². The van der Waals surface area contributed by atoms with E-state index in [4.69, 9.17) is 0 Å². The van der Waals surface area contributed by atoms with Crippen LogP contribution >= 0.6 is 0 Å². The van der Waals surface area contributed by atoms with Gasteiger partial charge in [-0.2, -0.15) is 0 Å². The number of amides is 1. The quantitative estimate of drug-likeness (QED) is 0.695. The van der Waals surface area contributed by atoms with Crippen LogP contribution in [0.15, 0.2) is 18.2 Å². The SMILES string of the molecule is CC(C)c1ccc2c(c1)CNC2=O. The summed E-state index contributed by atoms with van der Waals surface area (Å²) in [5.74, 6) is 0.589. The molecule has 2 rings (SSSR count). The Kier molecular flexibility index (Phi) is 1.83. The van der Waals surface area contributed by atoms with Crippen LogP contribution in [0.4, 0.5) is 0 Å². The molecular formula is C11H13NO. The highest BCUT2D eigenvalue weighted by Gasteiger charge is 2.18. The van der Waals surface area contributed by atoms with Gasteiger partial charge in [-0.1, -0.05) is 26.0 Å². The molecule has 1 amide bonds. The van der Waals surface area contributed by atoms with E-state index < -0.39 is 0 Å². The fourth-order valence-corrected chi connectivity index (χ4v) is 1.61. The van der Waals surface area contributed by atoms with Gasteiger partial charge in [-0.05, 0) is 23.1 Å². The van der Waals surface area contributed by atoms with E-state index in [1.54, 1.807) is 0 Å². The predicted octanol–water partition coefficient (Wildman–Crippen LogP) is 2.05. The number of rotatable bonds is 1. The second kappa shape index (κ2) is 2.87. The topological polar surface area (TPSA) is 29.1 Å². The summed E-state index contributed by atoms with van der Waals surface area (Å²) in [6.45, 7) is 5.01. The normalized spacial score (nSPS) is 14.5. The average molecular weight is 175 g/mol. The van der Waals surface area contributed by atoms with Crippen LogP contribution in [0.3, 0.4) is 0 Å². The highest BCUT2D eigenvalue weighted by atomic mass is 16.1. The van der Waals surface area contributed by atoms with Crippen molar-refractivity contribution in [2.45, 2.75) is 26.3 Å². The Labute approximate surface area is 78.0 Å². The molecule has 0 radical (unpaired) electrons. The summed E-state index contributed by atoms with van der Waals surface area (Å²) in [6, 6.07) is 6.08. The second-order valence-corrected chi connectivity index (χ2v) is 3.75. The van der Waals surface area contributed by atoms with Crippen molar-refractivity contribution in [1.29, 1.82) is 0 Å². The van der Waals surface area contributed by atoms with Gasteiger partial charge >= 0.3 is 0 Å². The summed E-state index contributed by atoms with van der Waals surface area (Å²) >= 11 is 0. The number of carbonyl (C=O) groups is 1. The first-order valence-corrected chi connectivity index (χ1v) is 4.59. The Morgan fingerprint density at radius 2 is 2.15 bits per heavy atom. The number of fused-ring (bicyclic) bond motifs is 1. The van der Waals surface area contributed by atoms with Crippen molar-refractivity contribution in [2.75, 3.05) is 0 Å². The first kappa shape index (κ1) is 8.30. The van der Waals surface area contributed by atoms with E-state index in [-0.39, 0.29) is 5.91 Å². The zero-order chi connectivity index (χ0) is 9.42. The van der Waals surface area contributed by atoms with Crippen molar-refractivity contribution in [3.63, 3.8) is 0 Å². The fourth-order valence-electron chi connectivity index (χ4n) is 1.61. The molecule has 0 unspecified atom stereocenters. The highest BCUT2D eigenvalue weighted by Crippen LogP contribution is 2.21. The Balaban J connectivity index is 2.45. The zero-order valence-corrected chi connectivity index (χ0v) is 7.92. The third-order valence-electron chi connectivity index (χ3n) is 2.48. The third kappa shape index (κ3) is 1.32. The molecule has 13 heavy (non-hydrogen) atoms. The molecule has 2 heteroatoms. The minimum absolute atomic E-state index is 0.0605. The largest absolute Gasteiger partial charge is 0.348 e. The van der Waals surface area contributed by atoms with Crippen molar-refractivity contribution >= 4 is 5.91 Å². The summed E-state index contributed by atoms with van der Waals surface area (Å²) in [5.41, 5.74) is 3.27. The van der Waals surface area contributed by atoms with Gasteiger partial charge in [0.25, 0.3) is 5.91 Å². The highest BCUT2D eigenvalue weighted by molar-refractivity contribution is 5.98. The minimum atomic E-state index is 0.0605. The first-order valence-electron chi connectivity index (χ1n) is 4.59. The lowest BCUT2D eigenvalue weighted by Gasteiger charge is -2.06. The Morgan fingerprint density at radius 3 is 2.85 bits per heavy atom. The van der Waals surface area contributed by atoms with E-state index in [9.17, 15) is 4.79 Å². The summed E-state index contributed by atoms with van der Waals surface area (Å²) in [6.07, 6.45) is 0. The van der Waals surface area contributed by atoms with Crippen LogP contribution in [-0.4, -0.2) is 5.91 Å². The molecule has 68 valence electrons. The molecule has 0 aromatic heterocycles. The molecule has 0 saturated heterocycles. The van der Waals surface area contributed by atoms with Gasteiger partial charge in [-0.25, -0.2) is 0 Å². The van der Waals surface area contributed by atoms with Gasteiger partial charge in [0, 0.05) is 12.1 Å². The van der Waals surface area contributed by atoms with Crippen LogP contribution in [-0.2, 0) is 6.54 Å². The first-order chi connectivity index (χ1) is 6.18. The third-order valence-corrected chi connectivity index (χ3v) is 2.48. The molecule has 0 spiro atoms. The number of hydrogen-bond acceptors (Lipinski definition) is 1. The average Bonchev–Trinajstić information content (AvgIpc) is 2.47. The van der Waals surface area contributed by atoms with E-state index in [0.717, 1.165) is 11.1 Å². The molecule has 2 nitrogen and oxygen atoms in total. The monoisotopic (exact) mass is 175 g/mol. The number of hydrogen-bond donors (Lipinski definition) is 1. The smallest absolute Gasteiger partial charge is 0.251 e. The number of nitrogens with one attached hydrogen (secondary N) is 1. The molecule has 0 atom stereocenters. The van der Waals surface area contributed by atoms with Crippen LogP contribution in [0.5, 0.6) is 0 Å². The Bertz CT molecular complexity index is 355. The van der Waals surface area contributed by atoms with Crippen molar-refractivity contribution < 1.29 is 4.79 Å². The number of carbonyl (C=O) groups excluding carboxylic acids is 1. The molecule has 1 aromatic rings. The molecule has 1 aliphatic rings. The second-order valence-electron chi connectivity index (χ2n) is 3.75. The molecule has 0 aliphatic carbocycles. The van der Waals surface area contributed by atoms with Crippen LogP contribution in [0, 0.1) is 0 Å². The molecule has 1 aromatic carbocycles. The van der Waals surface area contributed by atoms with Crippen molar-refractivity contribution in [3.05, 3.63) is 34.9 Å². The molecule has 0 bridgehead atoms. The molecule has 1 N–H and O–H groups in total. The van der Waals surface area contributed by atoms with Crippen molar-refractivity contribution in [2.24, 2.45) is 0 Å². The van der Waals surface area contributed by atoms with Gasteiger partial charge in [-0.15, -0.1) is 0 Å². The molecule has 0 saturated carbocycles. The Morgan fingerprint density at radius 1 is 1.38 bits per heavy atom. The summed E-state index contributed by atoms with van der Waals surface area (Å²) in [7, 11) is 0. The maximum Gasteiger partial charge on any atom is 0.251 e. The van der Waals surface area contributed by atoms with E-state index in [0.29, 0.717) is 12.5 Å². The van der Waals surface area contributed by atoms with Gasteiger partial charge in [0.1, 0.15) is 0 Å². The van der Waals surface area contributed by atoms with Crippen LogP contribution < -0.4 is 5.32 Å². The van der Waals surface area contributed by atoms with Gasteiger partial charge in [0.2, 0.25) is 0 Å². The number of benzene rings is 1. The van der Waals surface area contributed by atoms with Gasteiger partial charge in [0.15, 0.2) is 0 Å². The molecule has 1 heterocycles. The fraction of sp³-hybridized carbons (Fsp3) is 0.364. The van der Waals surface area contributed by atoms with E-state index in [1.807, 2.05) is 12.1 Å². The predicted molar refractivity (Wildman–Crippen MR) is 51.7 cm³/mol. The van der Waals surface area contributed by atoms with Gasteiger partial charge in [-0.3, -0.25) is 4.79 Å². The van der Waals surface area contributed by atoms with Crippen LogP contribution in [0.1, 0.15) is 41.3 Å². The standard InChI is InChI=1S/C11H13NO/c1-7(2)8-3-4-10-9(5-8)6-12-11(10)13/h3-5,7H,6H2,1-2H3,(H,12,13). The lowest BCUT2D eigenvalue weighted by molar-refractivity contribution is 0.0966. The zero-order valence-electron chi connectivity index (χ0n) is 7.92. The molecule has 0 fully saturated rings. The van der Waals surface area contributed by atoms with E-state index >= 15 is 0 Å². The summed E-state index contributed by atoms with van der Waals surface area (Å²) < 4.78 is 0. The maximum atomic E-state index is 11.2. The van der Waals surface area contributed by atoms with Crippen LogP contribution in [0.25, 0.3) is 0 Å². The van der Waals surface area contributed by atoms with Crippen molar-refractivity contribution in [3.8, 4) is 0 Å². The lowest BCUT2D eigenvalue weighted by Crippen LogP contribution is -2.12. The van der Waals surface area contributed by atoms with Crippen molar-refractivity contribution in [1.82, 2.24) is 5.32 Å². The Hall–Kier alpha value is -1.31. The molecule has 1 aliphatic heterocycles.